The number of ether oxygens (including phenoxy) is 1. The van der Waals surface area contributed by atoms with Crippen molar-refractivity contribution < 1.29 is 9.66 Å². The van der Waals surface area contributed by atoms with E-state index < -0.39 is 4.92 Å². The summed E-state index contributed by atoms with van der Waals surface area (Å²) in [5, 5.41) is 10.4. The highest BCUT2D eigenvalue weighted by Crippen LogP contribution is 2.16. The summed E-state index contributed by atoms with van der Waals surface area (Å²) in [6.45, 7) is 3.94. The molecule has 0 aromatic heterocycles. The Hall–Kier alpha value is -2.10. The first-order valence-corrected chi connectivity index (χ1v) is 4.39. The minimum atomic E-state index is -0.443. The maximum atomic E-state index is 10.4. The molecular weight excluding hydrogens is 194 g/mol. The first-order chi connectivity index (χ1) is 7.24. The minimum Gasteiger partial charge on any atom is -0.490 e. The van der Waals surface area contributed by atoms with E-state index in [1.54, 1.807) is 30.4 Å². The van der Waals surface area contributed by atoms with Crippen molar-refractivity contribution in [1.29, 1.82) is 0 Å². The van der Waals surface area contributed by atoms with Gasteiger partial charge < -0.3 is 4.74 Å². The molecule has 0 amide bonds. The third-order valence-electron chi connectivity index (χ3n) is 1.67. The summed E-state index contributed by atoms with van der Waals surface area (Å²) >= 11 is 0. The van der Waals surface area contributed by atoms with Gasteiger partial charge in [0.15, 0.2) is 0 Å². The fourth-order valence-corrected chi connectivity index (χ4v) is 0.960. The van der Waals surface area contributed by atoms with E-state index in [9.17, 15) is 10.1 Å². The van der Waals surface area contributed by atoms with Gasteiger partial charge in [0.1, 0.15) is 12.4 Å². The molecule has 0 aliphatic rings. The van der Waals surface area contributed by atoms with Crippen molar-refractivity contribution in [2.24, 2.45) is 0 Å². The van der Waals surface area contributed by atoms with Crippen LogP contribution >= 0.6 is 0 Å². The Bertz CT molecular complexity index is 368. The second kappa shape index (κ2) is 5.59. The number of allylic oxidation sites excluding steroid dienone is 2. The second-order valence-corrected chi connectivity index (χ2v) is 2.73. The first-order valence-electron chi connectivity index (χ1n) is 4.39. The van der Waals surface area contributed by atoms with Gasteiger partial charge in [-0.25, -0.2) is 0 Å². The fourth-order valence-electron chi connectivity index (χ4n) is 0.960. The van der Waals surface area contributed by atoms with Crippen LogP contribution < -0.4 is 4.74 Å². The van der Waals surface area contributed by atoms with E-state index in [1.807, 2.05) is 0 Å². The lowest BCUT2D eigenvalue weighted by molar-refractivity contribution is -0.384. The summed E-state index contributed by atoms with van der Waals surface area (Å²) < 4.78 is 5.29. The number of hydrogen-bond donors (Lipinski definition) is 0. The number of nitrogens with zero attached hydrogens (tertiary/aromatic N) is 1. The van der Waals surface area contributed by atoms with Gasteiger partial charge in [0, 0.05) is 12.1 Å². The fraction of sp³-hybridized carbons (Fsp3) is 0.0909. The van der Waals surface area contributed by atoms with Crippen LogP contribution in [0, 0.1) is 10.1 Å². The van der Waals surface area contributed by atoms with Gasteiger partial charge in [-0.05, 0) is 18.2 Å². The number of nitro groups is 1. The van der Waals surface area contributed by atoms with E-state index in [2.05, 4.69) is 6.58 Å². The monoisotopic (exact) mass is 205 g/mol. The average Bonchev–Trinajstić information content (AvgIpc) is 2.25. The molecule has 1 rings (SSSR count). The number of non-ortho nitro benzene ring substituents is 1. The lowest BCUT2D eigenvalue weighted by Crippen LogP contribution is -1.93. The van der Waals surface area contributed by atoms with Crippen molar-refractivity contribution in [2.45, 2.75) is 0 Å². The number of benzene rings is 1. The predicted molar refractivity (Wildman–Crippen MR) is 57.9 cm³/mol. The van der Waals surface area contributed by atoms with Crippen LogP contribution in [-0.2, 0) is 0 Å². The summed E-state index contributed by atoms with van der Waals surface area (Å²) in [6, 6.07) is 5.96. The Balaban J connectivity index is 2.53. The zero-order valence-electron chi connectivity index (χ0n) is 8.13. The summed E-state index contributed by atoms with van der Waals surface area (Å²) in [5.74, 6) is 0.606. The van der Waals surface area contributed by atoms with E-state index in [1.165, 1.54) is 12.1 Å². The molecule has 0 saturated heterocycles. The summed E-state index contributed by atoms with van der Waals surface area (Å²) in [5.41, 5.74) is 0.0592. The van der Waals surface area contributed by atoms with Crippen LogP contribution in [0.2, 0.25) is 0 Å². The van der Waals surface area contributed by atoms with Gasteiger partial charge in [-0.1, -0.05) is 18.7 Å². The number of nitro benzene ring substituents is 1. The molecule has 0 bridgehead atoms. The molecule has 0 atom stereocenters. The zero-order chi connectivity index (χ0) is 11.1. The van der Waals surface area contributed by atoms with Crippen molar-refractivity contribution in [2.75, 3.05) is 6.61 Å². The lowest BCUT2D eigenvalue weighted by atomic mass is 10.3. The lowest BCUT2D eigenvalue weighted by Gasteiger charge is -2.01. The van der Waals surface area contributed by atoms with Crippen molar-refractivity contribution in [3.8, 4) is 5.75 Å². The van der Waals surface area contributed by atoms with Gasteiger partial charge in [0.25, 0.3) is 5.69 Å². The molecule has 0 aliphatic carbocycles. The van der Waals surface area contributed by atoms with Gasteiger partial charge in [0.2, 0.25) is 0 Å². The van der Waals surface area contributed by atoms with Crippen molar-refractivity contribution >= 4 is 5.69 Å². The smallest absolute Gasteiger partial charge is 0.269 e. The molecule has 0 saturated carbocycles. The normalized spacial score (nSPS) is 10.1. The second-order valence-electron chi connectivity index (χ2n) is 2.73. The van der Waals surface area contributed by atoms with Crippen molar-refractivity contribution in [1.82, 2.24) is 0 Å². The first kappa shape index (κ1) is 11.0. The van der Waals surface area contributed by atoms with Crippen molar-refractivity contribution in [3.05, 3.63) is 59.2 Å². The molecule has 1 aromatic carbocycles. The topological polar surface area (TPSA) is 52.4 Å². The maximum absolute atomic E-state index is 10.4. The highest BCUT2D eigenvalue weighted by Gasteiger charge is 2.03. The molecule has 0 fully saturated rings. The maximum Gasteiger partial charge on any atom is 0.269 e. The van der Waals surface area contributed by atoms with E-state index in [4.69, 9.17) is 4.74 Å². The molecule has 4 heteroatoms. The molecule has 0 heterocycles. The standard InChI is InChI=1S/C11H11NO3/c1-2-3-4-9-15-11-7-5-10(6-8-11)12(13)14/h2-8H,1,9H2/b4-3+. The minimum absolute atomic E-state index is 0.0592. The van der Waals surface area contributed by atoms with E-state index in [0.717, 1.165) is 0 Å². The van der Waals surface area contributed by atoms with Crippen LogP contribution in [0.3, 0.4) is 0 Å². The largest absolute Gasteiger partial charge is 0.490 e. The molecule has 1 aromatic rings. The SMILES string of the molecule is C=C/C=C/COc1ccc([N+](=O)[O-])cc1. The molecule has 15 heavy (non-hydrogen) atoms. The number of rotatable bonds is 5. The van der Waals surface area contributed by atoms with E-state index in [0.29, 0.717) is 12.4 Å². The molecule has 0 radical (unpaired) electrons. The molecule has 0 unspecified atom stereocenters. The third kappa shape index (κ3) is 3.64. The van der Waals surface area contributed by atoms with Gasteiger partial charge in [-0.15, -0.1) is 0 Å². The summed E-state index contributed by atoms with van der Waals surface area (Å²) in [6.07, 6.45) is 5.22. The van der Waals surface area contributed by atoms with Gasteiger partial charge in [-0.2, -0.15) is 0 Å². The van der Waals surface area contributed by atoms with Gasteiger partial charge in [-0.3, -0.25) is 10.1 Å². The third-order valence-corrected chi connectivity index (χ3v) is 1.67. The van der Waals surface area contributed by atoms with Gasteiger partial charge >= 0.3 is 0 Å². The Labute approximate surface area is 87.6 Å². The molecule has 4 nitrogen and oxygen atoms in total. The Morgan fingerprint density at radius 1 is 1.40 bits per heavy atom. The summed E-state index contributed by atoms with van der Waals surface area (Å²) in [7, 11) is 0. The van der Waals surface area contributed by atoms with Crippen LogP contribution in [0.5, 0.6) is 5.75 Å². The Kier molecular flexibility index (Phi) is 4.09. The van der Waals surface area contributed by atoms with Gasteiger partial charge in [0.05, 0.1) is 4.92 Å². The van der Waals surface area contributed by atoms with Crippen LogP contribution in [0.4, 0.5) is 5.69 Å². The quantitative estimate of drug-likeness (QED) is 0.422. The molecule has 0 spiro atoms. The van der Waals surface area contributed by atoms with E-state index >= 15 is 0 Å². The van der Waals surface area contributed by atoms with Crippen LogP contribution in [-0.4, -0.2) is 11.5 Å². The molecule has 78 valence electrons. The highest BCUT2D eigenvalue weighted by atomic mass is 16.6. The number of hydrogen-bond acceptors (Lipinski definition) is 3. The van der Waals surface area contributed by atoms with E-state index in [-0.39, 0.29) is 5.69 Å². The molecule has 0 aliphatic heterocycles. The van der Waals surface area contributed by atoms with Crippen LogP contribution in [0.1, 0.15) is 0 Å². The van der Waals surface area contributed by atoms with Crippen molar-refractivity contribution in [3.63, 3.8) is 0 Å². The zero-order valence-corrected chi connectivity index (χ0v) is 8.13. The molecular formula is C11H11NO3. The Morgan fingerprint density at radius 2 is 2.07 bits per heavy atom. The summed E-state index contributed by atoms with van der Waals surface area (Å²) in [4.78, 5) is 9.91. The highest BCUT2D eigenvalue weighted by molar-refractivity contribution is 5.36. The predicted octanol–water partition coefficient (Wildman–Crippen LogP) is 2.72. The van der Waals surface area contributed by atoms with Crippen LogP contribution in [0.25, 0.3) is 0 Å². The Morgan fingerprint density at radius 3 is 2.60 bits per heavy atom. The molecule has 0 N–H and O–H groups in total. The average molecular weight is 205 g/mol. The van der Waals surface area contributed by atoms with Crippen LogP contribution in [0.15, 0.2) is 49.1 Å².